The average molecular weight is 370 g/mol. The molecule has 1 unspecified atom stereocenters. The Bertz CT molecular complexity index is 587. The summed E-state index contributed by atoms with van der Waals surface area (Å²) in [6.45, 7) is 7.54. The van der Waals surface area contributed by atoms with Gasteiger partial charge in [0.05, 0.1) is 0 Å². The molecule has 1 heterocycles. The Morgan fingerprint density at radius 3 is 2.42 bits per heavy atom. The number of hydrogen-bond acceptors (Lipinski definition) is 4. The van der Waals surface area contributed by atoms with Gasteiger partial charge in [-0.2, -0.15) is 8.78 Å². The molecule has 5 nitrogen and oxygen atoms in total. The van der Waals surface area contributed by atoms with Gasteiger partial charge in [0.25, 0.3) is 0 Å². The number of carbonyl (C=O) groups excluding carboxylic acids is 1. The van der Waals surface area contributed by atoms with Crippen LogP contribution in [0.25, 0.3) is 0 Å². The second-order valence-electron chi connectivity index (χ2n) is 7.48. The number of benzene rings is 1. The smallest absolute Gasteiger partial charge is 0.410 e. The van der Waals surface area contributed by atoms with E-state index in [0.717, 1.165) is 18.5 Å². The van der Waals surface area contributed by atoms with Crippen LogP contribution in [0.2, 0.25) is 0 Å². The van der Waals surface area contributed by atoms with Crippen LogP contribution in [0.5, 0.6) is 5.75 Å². The van der Waals surface area contributed by atoms with Crippen LogP contribution in [-0.4, -0.2) is 53.8 Å². The van der Waals surface area contributed by atoms with Crippen molar-refractivity contribution in [3.8, 4) is 5.75 Å². The summed E-state index contributed by atoms with van der Waals surface area (Å²) in [4.78, 5) is 16.3. The summed E-state index contributed by atoms with van der Waals surface area (Å²) < 4.78 is 34.3. The van der Waals surface area contributed by atoms with Crippen LogP contribution >= 0.6 is 0 Å². The van der Waals surface area contributed by atoms with E-state index in [1.807, 2.05) is 20.8 Å². The van der Waals surface area contributed by atoms with Gasteiger partial charge in [-0.15, -0.1) is 0 Å². The molecule has 1 amide bonds. The van der Waals surface area contributed by atoms with Gasteiger partial charge in [0.2, 0.25) is 0 Å². The molecule has 1 aliphatic heterocycles. The number of nitrogens with zero attached hydrogens (tertiary/aromatic N) is 2. The Morgan fingerprint density at radius 2 is 1.88 bits per heavy atom. The molecule has 146 valence electrons. The minimum atomic E-state index is -2.81. The largest absolute Gasteiger partial charge is 0.444 e. The van der Waals surface area contributed by atoms with E-state index in [-0.39, 0.29) is 17.9 Å². The van der Waals surface area contributed by atoms with Gasteiger partial charge in [-0.1, -0.05) is 19.1 Å². The molecule has 0 aliphatic carbocycles. The molecule has 26 heavy (non-hydrogen) atoms. The zero-order valence-electron chi connectivity index (χ0n) is 15.9. The second kappa shape index (κ2) is 8.66. The summed E-state index contributed by atoms with van der Waals surface area (Å²) in [6, 6.07) is 6.93. The first-order valence-corrected chi connectivity index (χ1v) is 8.93. The van der Waals surface area contributed by atoms with Crippen molar-refractivity contribution in [3.63, 3.8) is 0 Å². The normalized spacial score (nSPS) is 18.9. The molecular formula is C19H28F2N2O3. The fourth-order valence-corrected chi connectivity index (χ4v) is 2.99. The molecule has 1 saturated heterocycles. The van der Waals surface area contributed by atoms with E-state index in [2.05, 4.69) is 16.6 Å². The van der Waals surface area contributed by atoms with Crippen LogP contribution in [0.15, 0.2) is 24.3 Å². The van der Waals surface area contributed by atoms with Crippen molar-refractivity contribution in [2.75, 3.05) is 19.6 Å². The molecule has 1 fully saturated rings. The number of amides is 1. The highest BCUT2D eigenvalue weighted by Crippen LogP contribution is 2.21. The lowest BCUT2D eigenvalue weighted by atomic mass is 10.1. The molecule has 1 aromatic carbocycles. The molecule has 0 N–H and O–H groups in total. The molecule has 0 spiro atoms. The quantitative estimate of drug-likeness (QED) is 0.782. The van der Waals surface area contributed by atoms with Crippen molar-refractivity contribution >= 4 is 6.09 Å². The fraction of sp³-hybridized carbons (Fsp3) is 0.632. The van der Waals surface area contributed by atoms with Crippen molar-refractivity contribution in [3.05, 3.63) is 29.8 Å². The van der Waals surface area contributed by atoms with Crippen molar-refractivity contribution in [2.45, 2.75) is 58.9 Å². The molecule has 0 bridgehead atoms. The van der Waals surface area contributed by atoms with Crippen molar-refractivity contribution in [1.82, 2.24) is 9.80 Å². The summed E-state index contributed by atoms with van der Waals surface area (Å²) in [7, 11) is 0. The Kier molecular flexibility index (Phi) is 6.81. The lowest BCUT2D eigenvalue weighted by molar-refractivity contribution is -0.0498. The first-order valence-electron chi connectivity index (χ1n) is 8.93. The van der Waals surface area contributed by atoms with Gasteiger partial charge in [-0.25, -0.2) is 4.79 Å². The van der Waals surface area contributed by atoms with E-state index in [0.29, 0.717) is 19.6 Å². The predicted octanol–water partition coefficient (Wildman–Crippen LogP) is 4.12. The van der Waals surface area contributed by atoms with Crippen LogP contribution < -0.4 is 4.74 Å². The standard InChI is InChI=1S/C19H28F2N2O3/c1-5-15-13-23(18(24)26-19(2,3)4)11-10-22(15)12-14-6-8-16(9-7-14)25-17(20)21/h6-9,15,17H,5,10-13H2,1-4H3. The van der Waals surface area contributed by atoms with Crippen LogP contribution in [0.1, 0.15) is 39.7 Å². The van der Waals surface area contributed by atoms with E-state index in [4.69, 9.17) is 4.74 Å². The maximum atomic E-state index is 12.3. The second-order valence-corrected chi connectivity index (χ2v) is 7.48. The Balaban J connectivity index is 1.94. The van der Waals surface area contributed by atoms with Crippen LogP contribution in [0, 0.1) is 0 Å². The van der Waals surface area contributed by atoms with Crippen LogP contribution in [-0.2, 0) is 11.3 Å². The Morgan fingerprint density at radius 1 is 1.23 bits per heavy atom. The third-order valence-corrected chi connectivity index (χ3v) is 4.26. The monoisotopic (exact) mass is 370 g/mol. The Hall–Kier alpha value is -1.89. The highest BCUT2D eigenvalue weighted by molar-refractivity contribution is 5.68. The first kappa shape index (κ1) is 20.4. The van der Waals surface area contributed by atoms with E-state index >= 15 is 0 Å². The van der Waals surface area contributed by atoms with Gasteiger partial charge in [0.15, 0.2) is 0 Å². The number of halogens is 2. The average Bonchev–Trinajstić information content (AvgIpc) is 2.55. The molecule has 1 atom stereocenters. The number of ether oxygens (including phenoxy) is 2. The van der Waals surface area contributed by atoms with E-state index in [1.54, 1.807) is 29.2 Å². The van der Waals surface area contributed by atoms with Crippen molar-refractivity contribution in [2.24, 2.45) is 0 Å². The highest BCUT2D eigenvalue weighted by Gasteiger charge is 2.31. The zero-order chi connectivity index (χ0) is 19.3. The maximum Gasteiger partial charge on any atom is 0.410 e. The third kappa shape index (κ3) is 6.12. The maximum absolute atomic E-state index is 12.3. The summed E-state index contributed by atoms with van der Waals surface area (Å²) in [5, 5.41) is 0. The molecular weight excluding hydrogens is 342 g/mol. The van der Waals surface area contributed by atoms with Crippen LogP contribution in [0.3, 0.4) is 0 Å². The summed E-state index contributed by atoms with van der Waals surface area (Å²) >= 11 is 0. The number of piperazine rings is 1. The van der Waals surface area contributed by atoms with Gasteiger partial charge in [-0.05, 0) is 44.9 Å². The fourth-order valence-electron chi connectivity index (χ4n) is 2.99. The Labute approximate surface area is 153 Å². The third-order valence-electron chi connectivity index (χ3n) is 4.26. The number of rotatable bonds is 5. The van der Waals surface area contributed by atoms with E-state index in [9.17, 15) is 13.6 Å². The molecule has 1 aliphatic rings. The minimum absolute atomic E-state index is 0.158. The molecule has 2 rings (SSSR count). The summed E-state index contributed by atoms with van der Waals surface area (Å²) in [5.41, 5.74) is 0.522. The first-order chi connectivity index (χ1) is 12.2. The lowest BCUT2D eigenvalue weighted by Crippen LogP contribution is -2.54. The van der Waals surface area contributed by atoms with E-state index < -0.39 is 12.2 Å². The molecule has 0 saturated carbocycles. The molecule has 7 heteroatoms. The molecule has 0 radical (unpaired) electrons. The summed E-state index contributed by atoms with van der Waals surface area (Å²) in [6.07, 6.45) is 0.635. The van der Waals surface area contributed by atoms with E-state index in [1.165, 1.54) is 0 Å². The van der Waals surface area contributed by atoms with Gasteiger partial charge in [0.1, 0.15) is 11.4 Å². The molecule has 1 aromatic rings. The molecule has 0 aromatic heterocycles. The number of hydrogen-bond donors (Lipinski definition) is 0. The van der Waals surface area contributed by atoms with Gasteiger partial charge in [0, 0.05) is 32.2 Å². The van der Waals surface area contributed by atoms with Gasteiger partial charge < -0.3 is 14.4 Å². The minimum Gasteiger partial charge on any atom is -0.444 e. The summed E-state index contributed by atoms with van der Waals surface area (Å²) in [5.74, 6) is 0.158. The SMILES string of the molecule is CCC1CN(C(=O)OC(C)(C)C)CCN1Cc1ccc(OC(F)F)cc1. The zero-order valence-corrected chi connectivity index (χ0v) is 15.9. The lowest BCUT2D eigenvalue weighted by Gasteiger charge is -2.41. The number of alkyl halides is 2. The van der Waals surface area contributed by atoms with Crippen molar-refractivity contribution in [1.29, 1.82) is 0 Å². The predicted molar refractivity (Wildman–Crippen MR) is 95.4 cm³/mol. The van der Waals surface area contributed by atoms with Crippen molar-refractivity contribution < 1.29 is 23.0 Å². The van der Waals surface area contributed by atoms with Gasteiger partial charge >= 0.3 is 12.7 Å². The number of carbonyl (C=O) groups is 1. The van der Waals surface area contributed by atoms with Crippen LogP contribution in [0.4, 0.5) is 13.6 Å². The topological polar surface area (TPSA) is 42.0 Å². The highest BCUT2D eigenvalue weighted by atomic mass is 19.3. The van der Waals surface area contributed by atoms with Gasteiger partial charge in [-0.3, -0.25) is 4.90 Å².